The van der Waals surface area contributed by atoms with E-state index < -0.39 is 17.4 Å². The number of hydrogen-bond donors (Lipinski definition) is 2. The molecule has 7 nitrogen and oxygen atoms in total. The molecule has 0 radical (unpaired) electrons. The van der Waals surface area contributed by atoms with Crippen molar-refractivity contribution in [2.75, 3.05) is 11.5 Å². The second-order valence-corrected chi connectivity index (χ2v) is 6.54. The molecule has 1 aliphatic rings. The summed E-state index contributed by atoms with van der Waals surface area (Å²) in [5.41, 5.74) is -0.0395. The number of nitrogens with one attached hydrogen (secondary N) is 1. The number of rotatable bonds is 5. The van der Waals surface area contributed by atoms with E-state index in [0.717, 1.165) is 5.56 Å². The van der Waals surface area contributed by atoms with E-state index in [1.807, 2.05) is 30.3 Å². The summed E-state index contributed by atoms with van der Waals surface area (Å²) in [5.74, 6) is -0.429. The first-order valence-corrected chi connectivity index (χ1v) is 8.32. The number of carboxylic acid groups (broad SMARTS) is 1. The minimum Gasteiger partial charge on any atom is -0.479 e. The van der Waals surface area contributed by atoms with Crippen molar-refractivity contribution in [3.05, 3.63) is 47.8 Å². The average molecular weight is 332 g/mol. The molecule has 23 heavy (non-hydrogen) atoms. The van der Waals surface area contributed by atoms with Crippen LogP contribution in [0.2, 0.25) is 0 Å². The Kier molecular flexibility index (Phi) is 4.33. The molecule has 0 aliphatic carbocycles. The molecule has 1 fully saturated rings. The number of thioether (sulfide) groups is 1. The second-order valence-electron chi connectivity index (χ2n) is 5.43. The zero-order chi connectivity index (χ0) is 16.3. The van der Waals surface area contributed by atoms with E-state index in [-0.39, 0.29) is 5.69 Å². The lowest BCUT2D eigenvalue weighted by atomic mass is 9.99. The van der Waals surface area contributed by atoms with Gasteiger partial charge in [-0.05, 0) is 17.7 Å². The first-order chi connectivity index (χ1) is 11.1. The summed E-state index contributed by atoms with van der Waals surface area (Å²) in [6.45, 7) is 0.501. The quantitative estimate of drug-likeness (QED) is 0.848. The van der Waals surface area contributed by atoms with Crippen LogP contribution < -0.4 is 5.32 Å². The highest BCUT2D eigenvalue weighted by Crippen LogP contribution is 2.28. The third-order valence-electron chi connectivity index (χ3n) is 3.74. The van der Waals surface area contributed by atoms with Gasteiger partial charge in [-0.25, -0.2) is 9.48 Å². The van der Waals surface area contributed by atoms with Gasteiger partial charge < -0.3 is 10.4 Å². The lowest BCUT2D eigenvalue weighted by Gasteiger charge is -2.23. The Morgan fingerprint density at radius 3 is 2.78 bits per heavy atom. The number of aromatic nitrogens is 3. The van der Waals surface area contributed by atoms with Crippen LogP contribution in [0.15, 0.2) is 36.5 Å². The molecule has 1 saturated heterocycles. The molecular weight excluding hydrogens is 316 g/mol. The van der Waals surface area contributed by atoms with Gasteiger partial charge >= 0.3 is 5.97 Å². The molecule has 0 spiro atoms. The number of carbonyl (C=O) groups is 2. The molecule has 0 bridgehead atoms. The van der Waals surface area contributed by atoms with Crippen LogP contribution in [0.1, 0.15) is 22.5 Å². The lowest BCUT2D eigenvalue weighted by Crippen LogP contribution is -2.54. The van der Waals surface area contributed by atoms with E-state index in [9.17, 15) is 14.7 Å². The number of hydrogen-bond acceptors (Lipinski definition) is 5. The minimum atomic E-state index is -1.20. The minimum absolute atomic E-state index is 0.124. The Labute approximate surface area is 137 Å². The van der Waals surface area contributed by atoms with Gasteiger partial charge in [0.2, 0.25) is 0 Å². The summed E-state index contributed by atoms with van der Waals surface area (Å²) >= 11 is 1.52. The van der Waals surface area contributed by atoms with E-state index in [1.54, 1.807) is 4.68 Å². The molecule has 3 rings (SSSR count). The van der Waals surface area contributed by atoms with Crippen molar-refractivity contribution in [3.8, 4) is 0 Å². The Morgan fingerprint density at radius 1 is 1.35 bits per heavy atom. The smallest absolute Gasteiger partial charge is 0.330 e. The van der Waals surface area contributed by atoms with Gasteiger partial charge in [0.05, 0.1) is 12.7 Å². The number of carbonyl (C=O) groups excluding carboxylic acids is 1. The first-order valence-electron chi connectivity index (χ1n) is 7.17. The third-order valence-corrected chi connectivity index (χ3v) is 4.93. The standard InChI is InChI=1S/C15H16N4O3S/c20-13(16-15(14(21)22)6-7-23-10-15)12-9-19(18-17-12)8-11-4-2-1-3-5-11/h1-5,9H,6-8,10H2,(H,16,20)(H,21,22). The van der Waals surface area contributed by atoms with Crippen molar-refractivity contribution < 1.29 is 14.7 Å². The number of benzene rings is 1. The van der Waals surface area contributed by atoms with Gasteiger partial charge in [-0.15, -0.1) is 5.10 Å². The monoisotopic (exact) mass is 332 g/mol. The Morgan fingerprint density at radius 2 is 2.13 bits per heavy atom. The fraction of sp³-hybridized carbons (Fsp3) is 0.333. The van der Waals surface area contributed by atoms with E-state index in [1.165, 1.54) is 18.0 Å². The largest absolute Gasteiger partial charge is 0.479 e. The van der Waals surface area contributed by atoms with E-state index in [4.69, 9.17) is 0 Å². The van der Waals surface area contributed by atoms with E-state index in [2.05, 4.69) is 15.6 Å². The molecule has 2 aromatic rings. The number of aliphatic carboxylic acids is 1. The number of amides is 1. The van der Waals surface area contributed by atoms with Crippen LogP contribution in [0.25, 0.3) is 0 Å². The summed E-state index contributed by atoms with van der Waals surface area (Å²) in [7, 11) is 0. The van der Waals surface area contributed by atoms with Crippen LogP contribution in [0.4, 0.5) is 0 Å². The maximum absolute atomic E-state index is 12.3. The van der Waals surface area contributed by atoms with Crippen LogP contribution >= 0.6 is 11.8 Å². The zero-order valence-corrected chi connectivity index (χ0v) is 13.1. The fourth-order valence-corrected chi connectivity index (χ4v) is 3.74. The fourth-order valence-electron chi connectivity index (χ4n) is 2.42. The number of nitrogens with zero attached hydrogens (tertiary/aromatic N) is 3. The van der Waals surface area contributed by atoms with Crippen molar-refractivity contribution >= 4 is 23.6 Å². The van der Waals surface area contributed by atoms with Gasteiger partial charge in [-0.2, -0.15) is 11.8 Å². The summed E-state index contributed by atoms with van der Waals surface area (Å²) in [4.78, 5) is 23.7. The maximum Gasteiger partial charge on any atom is 0.330 e. The molecule has 1 aromatic carbocycles. The van der Waals surface area contributed by atoms with Crippen LogP contribution in [-0.4, -0.2) is 49.0 Å². The van der Waals surface area contributed by atoms with Crippen LogP contribution in [0.5, 0.6) is 0 Å². The van der Waals surface area contributed by atoms with Crippen molar-refractivity contribution in [2.45, 2.75) is 18.5 Å². The normalized spacial score (nSPS) is 20.3. The van der Waals surface area contributed by atoms with Gasteiger partial charge in [0.15, 0.2) is 5.69 Å². The van der Waals surface area contributed by atoms with Gasteiger partial charge in [-0.3, -0.25) is 4.79 Å². The second kappa shape index (κ2) is 6.41. The summed E-state index contributed by atoms with van der Waals surface area (Å²) < 4.78 is 1.56. The van der Waals surface area contributed by atoms with Crippen LogP contribution in [-0.2, 0) is 11.3 Å². The molecule has 2 heterocycles. The summed E-state index contributed by atoms with van der Waals surface area (Å²) in [6, 6.07) is 9.68. The predicted octanol–water partition coefficient (Wildman–Crippen LogP) is 1.02. The molecule has 2 N–H and O–H groups in total. The third kappa shape index (κ3) is 3.37. The van der Waals surface area contributed by atoms with Gasteiger partial charge in [0.25, 0.3) is 5.91 Å². The van der Waals surface area contributed by atoms with Gasteiger partial charge in [0, 0.05) is 5.75 Å². The average Bonchev–Trinajstić information content (AvgIpc) is 3.18. The molecule has 1 amide bonds. The zero-order valence-electron chi connectivity index (χ0n) is 12.3. The molecular formula is C15H16N4O3S. The van der Waals surface area contributed by atoms with Crippen LogP contribution in [0, 0.1) is 0 Å². The molecule has 8 heteroatoms. The highest BCUT2D eigenvalue weighted by molar-refractivity contribution is 7.99. The molecule has 1 atom stereocenters. The molecule has 120 valence electrons. The maximum atomic E-state index is 12.3. The molecule has 1 aliphatic heterocycles. The first kappa shape index (κ1) is 15.5. The van der Waals surface area contributed by atoms with E-state index in [0.29, 0.717) is 24.5 Å². The van der Waals surface area contributed by atoms with Crippen molar-refractivity contribution in [1.82, 2.24) is 20.3 Å². The molecule has 1 aromatic heterocycles. The lowest BCUT2D eigenvalue weighted by molar-refractivity contribution is -0.143. The molecule has 1 unspecified atom stereocenters. The Bertz CT molecular complexity index is 711. The summed E-state index contributed by atoms with van der Waals surface area (Å²) in [6.07, 6.45) is 1.94. The van der Waals surface area contributed by atoms with Gasteiger partial charge in [-0.1, -0.05) is 35.5 Å². The van der Waals surface area contributed by atoms with Gasteiger partial charge in [0.1, 0.15) is 5.54 Å². The van der Waals surface area contributed by atoms with E-state index >= 15 is 0 Å². The van der Waals surface area contributed by atoms with Crippen LogP contribution in [0.3, 0.4) is 0 Å². The summed E-state index contributed by atoms with van der Waals surface area (Å²) in [5, 5.41) is 19.8. The van der Waals surface area contributed by atoms with Crippen molar-refractivity contribution in [2.24, 2.45) is 0 Å². The van der Waals surface area contributed by atoms with Crippen molar-refractivity contribution in [1.29, 1.82) is 0 Å². The topological polar surface area (TPSA) is 97.1 Å². The Balaban J connectivity index is 1.70. The highest BCUT2D eigenvalue weighted by atomic mass is 32.2. The molecule has 0 saturated carbocycles. The Hall–Kier alpha value is -2.35. The highest BCUT2D eigenvalue weighted by Gasteiger charge is 2.43. The SMILES string of the molecule is O=C(NC1(C(=O)O)CCSC1)c1cn(Cc2ccccc2)nn1. The predicted molar refractivity (Wildman–Crippen MR) is 85.3 cm³/mol. The van der Waals surface area contributed by atoms with Crippen molar-refractivity contribution in [3.63, 3.8) is 0 Å². The number of carboxylic acids is 1.